The Morgan fingerprint density at radius 3 is 3.13 bits per heavy atom. The van der Waals surface area contributed by atoms with Crippen LogP contribution in [0.25, 0.3) is 10.2 Å². The molecule has 0 radical (unpaired) electrons. The van der Waals surface area contributed by atoms with Gasteiger partial charge in [-0.2, -0.15) is 0 Å². The first-order valence-corrected chi connectivity index (χ1v) is 11.7. The Kier molecular flexibility index (Phi) is 6.99. The summed E-state index contributed by atoms with van der Waals surface area (Å²) in [4.78, 5) is 20.9. The van der Waals surface area contributed by atoms with Gasteiger partial charge in [-0.3, -0.25) is 9.79 Å². The van der Waals surface area contributed by atoms with Crippen molar-refractivity contribution in [2.45, 2.75) is 23.3 Å². The normalized spacial score (nSPS) is 16.5. The fraction of sp³-hybridized carbons (Fsp3) is 0.286. The highest BCUT2D eigenvalue weighted by Crippen LogP contribution is 2.32. The number of halogens is 2. The topological polar surface area (TPSA) is 63.6 Å². The van der Waals surface area contributed by atoms with Crippen LogP contribution in [-0.4, -0.2) is 42.1 Å². The van der Waals surface area contributed by atoms with Gasteiger partial charge in [0.25, 0.3) is 0 Å². The van der Waals surface area contributed by atoms with Crippen molar-refractivity contribution < 1.29 is 13.9 Å². The van der Waals surface area contributed by atoms with Crippen LogP contribution in [0.5, 0.6) is 0 Å². The van der Waals surface area contributed by atoms with Gasteiger partial charge in [0.1, 0.15) is 5.82 Å². The van der Waals surface area contributed by atoms with E-state index < -0.39 is 5.82 Å². The van der Waals surface area contributed by atoms with Crippen molar-refractivity contribution in [1.29, 1.82) is 0 Å². The molecule has 0 unspecified atom stereocenters. The predicted octanol–water partition coefficient (Wildman–Crippen LogP) is 5.23. The van der Waals surface area contributed by atoms with Crippen molar-refractivity contribution in [2.24, 2.45) is 4.99 Å². The molecule has 1 atom stereocenters. The van der Waals surface area contributed by atoms with Crippen molar-refractivity contribution in [3.63, 3.8) is 0 Å². The molecule has 156 valence electrons. The Morgan fingerprint density at radius 1 is 1.43 bits per heavy atom. The molecule has 0 bridgehead atoms. The van der Waals surface area contributed by atoms with Crippen LogP contribution in [-0.2, 0) is 9.53 Å². The molecule has 2 aromatic carbocycles. The van der Waals surface area contributed by atoms with E-state index in [-0.39, 0.29) is 17.6 Å². The second-order valence-electron chi connectivity index (χ2n) is 6.75. The van der Waals surface area contributed by atoms with E-state index in [2.05, 4.69) is 15.3 Å². The molecule has 5 nitrogen and oxygen atoms in total. The minimum Gasteiger partial charge on any atom is -0.376 e. The van der Waals surface area contributed by atoms with Crippen molar-refractivity contribution in [3.05, 3.63) is 52.8 Å². The van der Waals surface area contributed by atoms with Gasteiger partial charge in [0, 0.05) is 24.9 Å². The largest absolute Gasteiger partial charge is 0.376 e. The average molecular weight is 464 g/mol. The number of nitrogens with zero attached hydrogens (tertiary/aromatic N) is 2. The molecule has 2 heterocycles. The summed E-state index contributed by atoms with van der Waals surface area (Å²) in [7, 11) is 0. The summed E-state index contributed by atoms with van der Waals surface area (Å²) in [6.45, 7) is 1.34. The fourth-order valence-electron chi connectivity index (χ4n) is 3.02. The SMILES string of the molecule is O=C(CSc1nc2ccc(N=Cc3c(F)cccc3Cl)cc2s1)NC[C@@H]1CCCO1. The minimum atomic E-state index is -0.415. The molecule has 1 amide bonds. The van der Waals surface area contributed by atoms with Crippen LogP contribution in [0.15, 0.2) is 45.7 Å². The molecule has 1 saturated heterocycles. The van der Waals surface area contributed by atoms with Crippen LogP contribution in [0.4, 0.5) is 10.1 Å². The van der Waals surface area contributed by atoms with Gasteiger partial charge < -0.3 is 10.1 Å². The highest BCUT2D eigenvalue weighted by atomic mass is 35.5. The number of hydrogen-bond acceptors (Lipinski definition) is 6. The average Bonchev–Trinajstić information content (AvgIpc) is 3.39. The molecule has 0 spiro atoms. The Labute approximate surface area is 186 Å². The molecule has 9 heteroatoms. The van der Waals surface area contributed by atoms with Gasteiger partial charge in [-0.15, -0.1) is 11.3 Å². The minimum absolute atomic E-state index is 0.0261. The van der Waals surface area contributed by atoms with Crippen LogP contribution in [0, 0.1) is 5.82 Å². The first-order valence-electron chi connectivity index (χ1n) is 9.48. The molecule has 30 heavy (non-hydrogen) atoms. The Bertz CT molecular complexity index is 1060. The molecule has 1 aromatic heterocycles. The summed E-state index contributed by atoms with van der Waals surface area (Å²) in [5.41, 5.74) is 1.77. The van der Waals surface area contributed by atoms with Gasteiger partial charge >= 0.3 is 0 Å². The maximum atomic E-state index is 13.9. The number of ether oxygens (including phenoxy) is 1. The molecule has 1 aliphatic heterocycles. The van der Waals surface area contributed by atoms with E-state index >= 15 is 0 Å². The maximum Gasteiger partial charge on any atom is 0.230 e. The highest BCUT2D eigenvalue weighted by molar-refractivity contribution is 8.01. The lowest BCUT2D eigenvalue weighted by atomic mass is 10.2. The number of thioether (sulfide) groups is 1. The number of aromatic nitrogens is 1. The zero-order valence-corrected chi connectivity index (χ0v) is 18.3. The molecule has 4 rings (SSSR count). The molecule has 1 fully saturated rings. The fourth-order valence-corrected chi connectivity index (χ4v) is 5.16. The number of hydrogen-bond donors (Lipinski definition) is 1. The first-order chi connectivity index (χ1) is 14.6. The number of fused-ring (bicyclic) bond motifs is 1. The van der Waals surface area contributed by atoms with Crippen LogP contribution < -0.4 is 5.32 Å². The molecule has 0 saturated carbocycles. The third kappa shape index (κ3) is 5.37. The zero-order valence-electron chi connectivity index (χ0n) is 15.9. The second kappa shape index (κ2) is 9.87. The van der Waals surface area contributed by atoms with Crippen molar-refractivity contribution >= 4 is 62.7 Å². The number of benzene rings is 2. The van der Waals surface area contributed by atoms with Gasteiger partial charge in [-0.1, -0.05) is 29.4 Å². The van der Waals surface area contributed by atoms with E-state index in [9.17, 15) is 9.18 Å². The van der Waals surface area contributed by atoms with Crippen LogP contribution in [0.2, 0.25) is 5.02 Å². The number of rotatable bonds is 7. The van der Waals surface area contributed by atoms with Crippen molar-refractivity contribution in [2.75, 3.05) is 18.9 Å². The van der Waals surface area contributed by atoms with Crippen LogP contribution in [0.1, 0.15) is 18.4 Å². The van der Waals surface area contributed by atoms with Gasteiger partial charge in [0.05, 0.1) is 32.8 Å². The molecular formula is C21H19ClFN3O2S2. The number of nitrogens with one attached hydrogen (secondary N) is 1. The lowest BCUT2D eigenvalue weighted by molar-refractivity contribution is -0.119. The number of aliphatic imine (C=N–C) groups is 1. The molecular weight excluding hydrogens is 445 g/mol. The first kappa shape index (κ1) is 21.2. The third-order valence-corrected chi connectivity index (χ3v) is 7.06. The van der Waals surface area contributed by atoms with Gasteiger partial charge in [0.15, 0.2) is 4.34 Å². The summed E-state index contributed by atoms with van der Waals surface area (Å²) in [6, 6.07) is 10.1. The summed E-state index contributed by atoms with van der Waals surface area (Å²) in [6.07, 6.45) is 3.62. The number of amides is 1. The maximum absolute atomic E-state index is 13.9. The van der Waals surface area contributed by atoms with Crippen molar-refractivity contribution in [1.82, 2.24) is 10.3 Å². The highest BCUT2D eigenvalue weighted by Gasteiger charge is 2.16. The lowest BCUT2D eigenvalue weighted by Crippen LogP contribution is -2.32. The van der Waals surface area contributed by atoms with E-state index in [4.69, 9.17) is 16.3 Å². The summed E-state index contributed by atoms with van der Waals surface area (Å²) >= 11 is 8.94. The van der Waals surface area contributed by atoms with Crippen LogP contribution >= 0.6 is 34.7 Å². The van der Waals surface area contributed by atoms with Gasteiger partial charge in [-0.05, 0) is 43.2 Å². The quantitative estimate of drug-likeness (QED) is 0.385. The van der Waals surface area contributed by atoms with E-state index in [0.29, 0.717) is 23.0 Å². The van der Waals surface area contributed by atoms with Crippen LogP contribution in [0.3, 0.4) is 0 Å². The number of carbonyl (C=O) groups excluding carboxylic acids is 1. The number of thiazole rings is 1. The Morgan fingerprint density at radius 2 is 2.33 bits per heavy atom. The standard InChI is InChI=1S/C21H19ClFN3O2S2/c22-16-4-1-5-17(23)15(16)11-24-13-6-7-18-19(9-13)30-21(26-18)29-12-20(27)25-10-14-3-2-8-28-14/h1,4-7,9,11,14H,2-3,8,10,12H2,(H,25,27)/t14-/m0/s1. The van der Waals surface area contributed by atoms with Gasteiger partial charge in [-0.25, -0.2) is 9.37 Å². The van der Waals surface area contributed by atoms with E-state index in [0.717, 1.165) is 34.0 Å². The smallest absolute Gasteiger partial charge is 0.230 e. The monoisotopic (exact) mass is 463 g/mol. The van der Waals surface area contributed by atoms with E-state index in [1.54, 1.807) is 12.1 Å². The third-order valence-electron chi connectivity index (χ3n) is 4.57. The molecule has 1 N–H and O–H groups in total. The Balaban J connectivity index is 1.37. The lowest BCUT2D eigenvalue weighted by Gasteiger charge is -2.09. The van der Waals surface area contributed by atoms with Gasteiger partial charge in [0.2, 0.25) is 5.91 Å². The summed E-state index contributed by atoms with van der Waals surface area (Å²) in [5.74, 6) is -0.132. The molecule has 1 aliphatic rings. The summed E-state index contributed by atoms with van der Waals surface area (Å²) in [5, 5.41) is 3.22. The predicted molar refractivity (Wildman–Crippen MR) is 121 cm³/mol. The van der Waals surface area contributed by atoms with E-state index in [1.807, 2.05) is 18.2 Å². The zero-order chi connectivity index (χ0) is 20.9. The Hall–Kier alpha value is -2.00. The van der Waals surface area contributed by atoms with E-state index in [1.165, 1.54) is 35.4 Å². The molecule has 0 aliphatic carbocycles. The number of carbonyl (C=O) groups is 1. The second-order valence-corrected chi connectivity index (χ2v) is 9.41. The van der Waals surface area contributed by atoms with Crippen molar-refractivity contribution in [3.8, 4) is 0 Å². The molecule has 3 aromatic rings. The summed E-state index contributed by atoms with van der Waals surface area (Å²) < 4.78 is 21.1.